The van der Waals surface area contributed by atoms with Gasteiger partial charge in [-0.2, -0.15) is 0 Å². The van der Waals surface area contributed by atoms with Crippen LogP contribution in [-0.4, -0.2) is 5.78 Å². The van der Waals surface area contributed by atoms with Crippen molar-refractivity contribution >= 4 is 11.9 Å². The number of allylic oxidation sites excluding steroid dienone is 1. The molecule has 1 heteroatoms. The van der Waals surface area contributed by atoms with Crippen LogP contribution >= 0.6 is 0 Å². The van der Waals surface area contributed by atoms with Crippen LogP contribution < -0.4 is 0 Å². The summed E-state index contributed by atoms with van der Waals surface area (Å²) in [6.07, 6.45) is 8.22. The number of Topliss-reactive ketones (excluding diaryl/α,β-unsaturated/α-hetero) is 1. The zero-order chi connectivity index (χ0) is 12.1. The van der Waals surface area contributed by atoms with Crippen LogP contribution in [0.3, 0.4) is 0 Å². The van der Waals surface area contributed by atoms with Gasteiger partial charge in [-0.15, -0.1) is 0 Å². The van der Waals surface area contributed by atoms with Crippen molar-refractivity contribution in [1.82, 2.24) is 0 Å². The maximum absolute atomic E-state index is 11.8. The van der Waals surface area contributed by atoms with E-state index in [4.69, 9.17) is 0 Å². The summed E-state index contributed by atoms with van der Waals surface area (Å²) in [5.41, 5.74) is 1.21. The van der Waals surface area contributed by atoms with E-state index < -0.39 is 0 Å². The van der Waals surface area contributed by atoms with Gasteiger partial charge in [0, 0.05) is 12.3 Å². The molecular weight excluding hydrogens is 208 g/mol. The Morgan fingerprint density at radius 1 is 1.24 bits per heavy atom. The van der Waals surface area contributed by atoms with Crippen LogP contribution in [0.5, 0.6) is 0 Å². The van der Waals surface area contributed by atoms with Crippen LogP contribution in [-0.2, 0) is 4.79 Å². The number of carbonyl (C=O) groups excluding carboxylic acids is 1. The van der Waals surface area contributed by atoms with E-state index in [1.54, 1.807) is 0 Å². The second kappa shape index (κ2) is 5.81. The SMILES string of the molecule is CC1CCC(C/C=C/c2ccccc2)C(=O)C1. The predicted molar refractivity (Wildman–Crippen MR) is 71.6 cm³/mol. The minimum absolute atomic E-state index is 0.270. The van der Waals surface area contributed by atoms with E-state index in [0.29, 0.717) is 11.7 Å². The molecular formula is C16H20O. The van der Waals surface area contributed by atoms with Crippen LogP contribution in [0.25, 0.3) is 6.08 Å². The highest BCUT2D eigenvalue weighted by Crippen LogP contribution is 2.28. The van der Waals surface area contributed by atoms with Crippen molar-refractivity contribution in [1.29, 1.82) is 0 Å². The summed E-state index contributed by atoms with van der Waals surface area (Å²) in [7, 11) is 0. The molecule has 0 aliphatic heterocycles. The Kier molecular flexibility index (Phi) is 4.13. The smallest absolute Gasteiger partial charge is 0.136 e. The summed E-state index contributed by atoms with van der Waals surface area (Å²) in [6, 6.07) is 10.3. The van der Waals surface area contributed by atoms with E-state index in [9.17, 15) is 4.79 Å². The number of hydrogen-bond donors (Lipinski definition) is 0. The number of benzene rings is 1. The van der Waals surface area contributed by atoms with Gasteiger partial charge in [0.25, 0.3) is 0 Å². The maximum atomic E-state index is 11.8. The van der Waals surface area contributed by atoms with E-state index >= 15 is 0 Å². The third kappa shape index (κ3) is 3.55. The molecule has 90 valence electrons. The van der Waals surface area contributed by atoms with Crippen LogP contribution in [0, 0.1) is 11.8 Å². The minimum Gasteiger partial charge on any atom is -0.299 e. The monoisotopic (exact) mass is 228 g/mol. The molecule has 1 aromatic carbocycles. The van der Waals surface area contributed by atoms with Gasteiger partial charge in [-0.3, -0.25) is 4.79 Å². The Morgan fingerprint density at radius 3 is 2.71 bits per heavy atom. The Labute approximate surface area is 104 Å². The largest absolute Gasteiger partial charge is 0.299 e. The summed E-state index contributed by atoms with van der Waals surface area (Å²) in [4.78, 5) is 11.8. The van der Waals surface area contributed by atoms with E-state index in [-0.39, 0.29) is 5.92 Å². The molecule has 0 heterocycles. The third-order valence-electron chi connectivity index (χ3n) is 3.54. The lowest BCUT2D eigenvalue weighted by Gasteiger charge is -2.23. The first-order valence-electron chi connectivity index (χ1n) is 6.50. The minimum atomic E-state index is 0.270. The zero-order valence-corrected chi connectivity index (χ0v) is 10.4. The quantitative estimate of drug-likeness (QED) is 0.761. The number of carbonyl (C=O) groups is 1. The zero-order valence-electron chi connectivity index (χ0n) is 10.4. The first-order chi connectivity index (χ1) is 8.25. The molecule has 0 spiro atoms. The normalized spacial score (nSPS) is 25.4. The van der Waals surface area contributed by atoms with Crippen LogP contribution in [0.2, 0.25) is 0 Å². The van der Waals surface area contributed by atoms with Gasteiger partial charge in [0.2, 0.25) is 0 Å². The van der Waals surface area contributed by atoms with Crippen molar-refractivity contribution in [3.05, 3.63) is 42.0 Å². The molecule has 0 aromatic heterocycles. The highest BCUT2D eigenvalue weighted by atomic mass is 16.1. The van der Waals surface area contributed by atoms with Gasteiger partial charge >= 0.3 is 0 Å². The van der Waals surface area contributed by atoms with Crippen molar-refractivity contribution in [2.24, 2.45) is 11.8 Å². The first kappa shape index (κ1) is 12.1. The van der Waals surface area contributed by atoms with Crippen molar-refractivity contribution in [2.45, 2.75) is 32.6 Å². The van der Waals surface area contributed by atoms with E-state index in [0.717, 1.165) is 19.3 Å². The van der Waals surface area contributed by atoms with Crippen LogP contribution in [0.1, 0.15) is 38.2 Å². The number of hydrogen-bond acceptors (Lipinski definition) is 1. The fourth-order valence-corrected chi connectivity index (χ4v) is 2.44. The summed E-state index contributed by atoms with van der Waals surface area (Å²) >= 11 is 0. The summed E-state index contributed by atoms with van der Waals surface area (Å²) in [6.45, 7) is 2.17. The molecule has 1 saturated carbocycles. The van der Waals surface area contributed by atoms with Crippen molar-refractivity contribution in [3.63, 3.8) is 0 Å². The summed E-state index contributed by atoms with van der Waals surface area (Å²) < 4.78 is 0. The third-order valence-corrected chi connectivity index (χ3v) is 3.54. The fraction of sp³-hybridized carbons (Fsp3) is 0.438. The Balaban J connectivity index is 1.86. The summed E-state index contributed by atoms with van der Waals surface area (Å²) in [5.74, 6) is 1.32. The van der Waals surface area contributed by atoms with E-state index in [2.05, 4.69) is 31.2 Å². The van der Waals surface area contributed by atoms with Crippen molar-refractivity contribution in [2.75, 3.05) is 0 Å². The van der Waals surface area contributed by atoms with Gasteiger partial charge in [0.05, 0.1) is 0 Å². The lowest BCUT2D eigenvalue weighted by atomic mass is 9.80. The molecule has 1 nitrogen and oxygen atoms in total. The fourth-order valence-electron chi connectivity index (χ4n) is 2.44. The first-order valence-corrected chi connectivity index (χ1v) is 6.50. The molecule has 0 saturated heterocycles. The topological polar surface area (TPSA) is 17.1 Å². The Hall–Kier alpha value is -1.37. The van der Waals surface area contributed by atoms with E-state index in [1.807, 2.05) is 18.2 Å². The second-order valence-electron chi connectivity index (χ2n) is 5.10. The molecule has 1 aliphatic rings. The lowest BCUT2D eigenvalue weighted by molar-refractivity contribution is -0.125. The average Bonchev–Trinajstić information content (AvgIpc) is 2.33. The average molecular weight is 228 g/mol. The molecule has 1 aromatic rings. The highest BCUT2D eigenvalue weighted by Gasteiger charge is 2.24. The van der Waals surface area contributed by atoms with Crippen molar-refractivity contribution in [3.8, 4) is 0 Å². The predicted octanol–water partition coefficient (Wildman–Crippen LogP) is 4.10. The van der Waals surface area contributed by atoms with E-state index in [1.165, 1.54) is 12.0 Å². The molecule has 0 bridgehead atoms. The van der Waals surface area contributed by atoms with Crippen LogP contribution in [0.15, 0.2) is 36.4 Å². The lowest BCUT2D eigenvalue weighted by Crippen LogP contribution is -2.22. The molecule has 2 rings (SSSR count). The number of rotatable bonds is 3. The van der Waals surface area contributed by atoms with Crippen molar-refractivity contribution < 1.29 is 4.79 Å². The molecule has 0 radical (unpaired) electrons. The molecule has 1 fully saturated rings. The molecule has 2 atom stereocenters. The molecule has 1 aliphatic carbocycles. The van der Waals surface area contributed by atoms with Gasteiger partial charge in [-0.25, -0.2) is 0 Å². The van der Waals surface area contributed by atoms with Gasteiger partial charge in [0.15, 0.2) is 0 Å². The maximum Gasteiger partial charge on any atom is 0.136 e. The van der Waals surface area contributed by atoms with Crippen LogP contribution in [0.4, 0.5) is 0 Å². The second-order valence-corrected chi connectivity index (χ2v) is 5.10. The van der Waals surface area contributed by atoms with Gasteiger partial charge in [0.1, 0.15) is 5.78 Å². The summed E-state index contributed by atoms with van der Waals surface area (Å²) in [5, 5.41) is 0. The number of ketones is 1. The van der Waals surface area contributed by atoms with Gasteiger partial charge in [-0.1, -0.05) is 49.4 Å². The molecule has 17 heavy (non-hydrogen) atoms. The Morgan fingerprint density at radius 2 is 2.00 bits per heavy atom. The molecule has 0 amide bonds. The Bertz CT molecular complexity index is 391. The highest BCUT2D eigenvalue weighted by molar-refractivity contribution is 5.82. The molecule has 2 unspecified atom stereocenters. The van der Waals surface area contributed by atoms with Gasteiger partial charge < -0.3 is 0 Å². The molecule has 0 N–H and O–H groups in total. The standard InChI is InChI=1S/C16H20O/c1-13-10-11-15(16(17)12-13)9-5-8-14-6-3-2-4-7-14/h2-8,13,15H,9-12H2,1H3/b8-5+. The van der Waals surface area contributed by atoms with Gasteiger partial charge in [-0.05, 0) is 30.7 Å².